The molecule has 0 heterocycles. The highest BCUT2D eigenvalue weighted by Gasteiger charge is 2.41. The van der Waals surface area contributed by atoms with Gasteiger partial charge in [-0.15, -0.1) is 0 Å². The van der Waals surface area contributed by atoms with Crippen molar-refractivity contribution in [3.63, 3.8) is 0 Å². The Morgan fingerprint density at radius 1 is 0.577 bits per heavy atom. The number of carbonyl (C=O) groups excluding carboxylic acids is 5. The summed E-state index contributed by atoms with van der Waals surface area (Å²) in [6.07, 6.45) is -4.56. The van der Waals surface area contributed by atoms with Crippen LogP contribution < -0.4 is 30.4 Å². The van der Waals surface area contributed by atoms with Crippen LogP contribution in [0.15, 0.2) is 84.9 Å². The Labute approximate surface area is 297 Å². The van der Waals surface area contributed by atoms with Gasteiger partial charge in [0.15, 0.2) is 11.5 Å². The highest BCUT2D eigenvalue weighted by atomic mass is 16.6. The smallest absolute Gasteiger partial charge is 0.349 e. The van der Waals surface area contributed by atoms with Crippen LogP contribution in [-0.2, 0) is 19.1 Å². The molecule has 4 aromatic rings. The molecule has 0 saturated heterocycles. The Balaban J connectivity index is 1.48. The number of anilines is 1. The number of hydrogen-bond donors (Lipinski definition) is 4. The highest BCUT2D eigenvalue weighted by Crippen LogP contribution is 2.38. The predicted octanol–water partition coefficient (Wildman–Crippen LogP) is 3.88. The van der Waals surface area contributed by atoms with E-state index in [0.717, 1.165) is 0 Å². The number of hydrazine groups is 1. The molecule has 0 fully saturated rings. The van der Waals surface area contributed by atoms with Gasteiger partial charge in [-0.25, -0.2) is 14.4 Å². The molecule has 270 valence electrons. The van der Waals surface area contributed by atoms with E-state index in [4.69, 9.17) is 23.7 Å². The molecule has 3 amide bonds. The van der Waals surface area contributed by atoms with E-state index in [2.05, 4.69) is 10.7 Å². The van der Waals surface area contributed by atoms with Crippen LogP contribution in [0.25, 0.3) is 0 Å². The summed E-state index contributed by atoms with van der Waals surface area (Å²) in [7, 11) is 4.25. The summed E-state index contributed by atoms with van der Waals surface area (Å²) in [5, 5.41) is 12.7. The molecule has 15 heteroatoms. The predicted molar refractivity (Wildman–Crippen MR) is 185 cm³/mol. The number of ether oxygens (including phenoxy) is 5. The minimum atomic E-state index is -2.31. The van der Waals surface area contributed by atoms with E-state index in [-0.39, 0.29) is 33.8 Å². The van der Waals surface area contributed by atoms with E-state index < -0.39 is 47.8 Å². The number of nitrogens with one attached hydrogen (secondary N) is 3. The Bertz CT molecular complexity index is 1970. The topological polar surface area (TPSA) is 205 Å². The second kappa shape index (κ2) is 17.2. The van der Waals surface area contributed by atoms with E-state index in [0.29, 0.717) is 22.6 Å². The van der Waals surface area contributed by atoms with Crippen LogP contribution >= 0.6 is 0 Å². The monoisotopic (exact) mass is 713 g/mol. The van der Waals surface area contributed by atoms with Gasteiger partial charge in [0.05, 0.1) is 32.5 Å². The molecule has 0 aliphatic rings. The summed E-state index contributed by atoms with van der Waals surface area (Å²) in [6, 6.07) is 20.6. The lowest BCUT2D eigenvalue weighted by molar-refractivity contribution is -0.159. The van der Waals surface area contributed by atoms with Gasteiger partial charge in [-0.2, -0.15) is 0 Å². The highest BCUT2D eigenvalue weighted by molar-refractivity contribution is 6.05. The van der Waals surface area contributed by atoms with Gasteiger partial charge in [0.2, 0.25) is 18.0 Å². The van der Waals surface area contributed by atoms with E-state index in [1.807, 2.05) is 5.43 Å². The third kappa shape index (κ3) is 9.41. The van der Waals surface area contributed by atoms with Gasteiger partial charge in [0.25, 0.3) is 17.7 Å². The molecule has 0 unspecified atom stereocenters. The Morgan fingerprint density at radius 3 is 1.56 bits per heavy atom. The second-order valence-electron chi connectivity index (χ2n) is 11.1. The Morgan fingerprint density at radius 2 is 1.10 bits per heavy atom. The van der Waals surface area contributed by atoms with Gasteiger partial charge in [-0.05, 0) is 74.5 Å². The fraction of sp³-hybridized carbons (Fsp3) is 0.189. The Kier molecular flexibility index (Phi) is 12.5. The van der Waals surface area contributed by atoms with Crippen LogP contribution in [0.2, 0.25) is 0 Å². The zero-order chi connectivity index (χ0) is 37.9. The lowest BCUT2D eigenvalue weighted by Gasteiger charge is -2.23. The number of carbonyl (C=O) groups is 6. The van der Waals surface area contributed by atoms with Crippen LogP contribution in [-0.4, -0.2) is 74.3 Å². The van der Waals surface area contributed by atoms with Crippen molar-refractivity contribution in [1.82, 2.24) is 10.9 Å². The van der Waals surface area contributed by atoms with Crippen LogP contribution in [0.1, 0.15) is 52.6 Å². The summed E-state index contributed by atoms with van der Waals surface area (Å²) in [5.74, 6) is -5.82. The summed E-state index contributed by atoms with van der Waals surface area (Å²) in [5.41, 5.74) is 6.01. The van der Waals surface area contributed by atoms with Crippen LogP contribution in [0.3, 0.4) is 0 Å². The van der Waals surface area contributed by atoms with E-state index in [1.165, 1.54) is 82.0 Å². The van der Waals surface area contributed by atoms with Gasteiger partial charge in [0, 0.05) is 16.8 Å². The summed E-state index contributed by atoms with van der Waals surface area (Å²) < 4.78 is 26.3. The van der Waals surface area contributed by atoms with E-state index in [9.17, 15) is 33.9 Å². The fourth-order valence-electron chi connectivity index (χ4n) is 4.79. The molecule has 0 aromatic heterocycles. The molecule has 4 aromatic carbocycles. The molecule has 0 radical (unpaired) electrons. The number of carboxylic acid groups (broad SMARTS) is 1. The molecule has 0 spiro atoms. The van der Waals surface area contributed by atoms with Crippen molar-refractivity contribution in [1.29, 1.82) is 0 Å². The van der Waals surface area contributed by atoms with Crippen molar-refractivity contribution < 1.29 is 57.6 Å². The van der Waals surface area contributed by atoms with Gasteiger partial charge >= 0.3 is 17.9 Å². The maximum Gasteiger partial charge on any atom is 0.349 e. The molecule has 0 aliphatic carbocycles. The molecule has 4 rings (SSSR count). The summed E-state index contributed by atoms with van der Waals surface area (Å²) in [6.45, 7) is 3.41. The molecular formula is C37H35N3O12. The first-order valence-electron chi connectivity index (χ1n) is 15.4. The lowest BCUT2D eigenvalue weighted by atomic mass is 10.1. The zero-order valence-corrected chi connectivity index (χ0v) is 28.7. The number of rotatable bonds is 13. The fourth-order valence-corrected chi connectivity index (χ4v) is 4.79. The average molecular weight is 714 g/mol. The first-order valence-corrected chi connectivity index (χ1v) is 15.4. The van der Waals surface area contributed by atoms with E-state index in [1.54, 1.807) is 38.1 Å². The number of aryl methyl sites for hydroxylation is 2. The van der Waals surface area contributed by atoms with Crippen molar-refractivity contribution >= 4 is 41.3 Å². The number of carboxylic acids is 1. The van der Waals surface area contributed by atoms with Gasteiger partial charge in [-0.3, -0.25) is 25.2 Å². The number of esters is 2. The third-order valence-corrected chi connectivity index (χ3v) is 7.38. The SMILES string of the molecule is COc1cc(C(=O)Nc2ccc(C(=O)NNC(=O)[C@H](OC(=O)c3cccc(C)c3)[C@H](OC(=O)c3cccc(C)c3)C(=O)O)cc2)cc(OC)c1OC. The van der Waals surface area contributed by atoms with Crippen molar-refractivity contribution in [2.24, 2.45) is 0 Å². The second-order valence-corrected chi connectivity index (χ2v) is 11.1. The van der Waals surface area contributed by atoms with Crippen LogP contribution in [0.4, 0.5) is 5.69 Å². The first kappa shape index (κ1) is 37.9. The third-order valence-electron chi connectivity index (χ3n) is 7.38. The molecule has 2 atom stereocenters. The molecular weight excluding hydrogens is 678 g/mol. The number of benzene rings is 4. The molecule has 52 heavy (non-hydrogen) atoms. The van der Waals surface area contributed by atoms with Gasteiger partial charge < -0.3 is 34.1 Å². The minimum Gasteiger partial charge on any atom is -0.493 e. The normalized spacial score (nSPS) is 11.6. The molecule has 0 aliphatic heterocycles. The minimum absolute atomic E-state index is 0.00608. The van der Waals surface area contributed by atoms with Crippen molar-refractivity contribution in [2.45, 2.75) is 26.1 Å². The van der Waals surface area contributed by atoms with Crippen molar-refractivity contribution in [2.75, 3.05) is 26.6 Å². The lowest BCUT2D eigenvalue weighted by Crippen LogP contribution is -2.54. The largest absolute Gasteiger partial charge is 0.493 e. The van der Waals surface area contributed by atoms with Crippen molar-refractivity contribution in [3.8, 4) is 17.2 Å². The standard InChI is InChI=1S/C37H35N3O12/c1-20-8-6-10-23(16-20)36(46)51-30(31(35(44)45)52-37(47)24-11-7-9-21(2)17-24)34(43)40-39-33(42)22-12-14-26(15-13-22)38-32(41)25-18-27(48-3)29(50-5)28(19-25)49-4/h6-19,30-31H,1-5H3,(H,38,41)(H,39,42)(H,40,43)(H,44,45)/t30-,31+/m1/s1. The zero-order valence-electron chi connectivity index (χ0n) is 28.7. The quantitative estimate of drug-likeness (QED) is 0.115. The van der Waals surface area contributed by atoms with Gasteiger partial charge in [0.1, 0.15) is 0 Å². The number of hydrogen-bond acceptors (Lipinski definition) is 11. The first-order chi connectivity index (χ1) is 24.8. The average Bonchev–Trinajstić information content (AvgIpc) is 3.14. The van der Waals surface area contributed by atoms with E-state index >= 15 is 0 Å². The molecule has 0 bridgehead atoms. The number of methoxy groups -OCH3 is 3. The molecule has 0 saturated carbocycles. The number of aliphatic carboxylic acids is 1. The van der Waals surface area contributed by atoms with Crippen molar-refractivity contribution in [3.05, 3.63) is 118 Å². The van der Waals surface area contributed by atoms with Crippen LogP contribution in [0, 0.1) is 13.8 Å². The maximum absolute atomic E-state index is 13.3. The number of amides is 3. The maximum atomic E-state index is 13.3. The summed E-state index contributed by atoms with van der Waals surface area (Å²) in [4.78, 5) is 77.5. The van der Waals surface area contributed by atoms with Crippen LogP contribution in [0.5, 0.6) is 17.2 Å². The summed E-state index contributed by atoms with van der Waals surface area (Å²) >= 11 is 0. The molecule has 15 nitrogen and oxygen atoms in total. The molecule has 4 N–H and O–H groups in total. The Hall–Kier alpha value is -6.90. The van der Waals surface area contributed by atoms with Gasteiger partial charge in [-0.1, -0.05) is 35.4 Å².